The summed E-state index contributed by atoms with van der Waals surface area (Å²) in [6.07, 6.45) is 1.38. The maximum absolute atomic E-state index is 12.8. The van der Waals surface area contributed by atoms with Crippen LogP contribution in [-0.2, 0) is 20.7 Å². The van der Waals surface area contributed by atoms with Gasteiger partial charge in [0.2, 0.25) is 0 Å². The third-order valence-corrected chi connectivity index (χ3v) is 4.33. The van der Waals surface area contributed by atoms with Crippen molar-refractivity contribution in [3.8, 4) is 17.3 Å². The molecule has 0 fully saturated rings. The predicted octanol–water partition coefficient (Wildman–Crippen LogP) is 3.02. The van der Waals surface area contributed by atoms with Gasteiger partial charge in [-0.25, -0.2) is 9.78 Å². The summed E-state index contributed by atoms with van der Waals surface area (Å²) in [4.78, 5) is 29.5. The number of phenols is 1. The molecule has 0 atom stereocenters. The summed E-state index contributed by atoms with van der Waals surface area (Å²) < 4.78 is 17.2. The van der Waals surface area contributed by atoms with Gasteiger partial charge in [0.1, 0.15) is 17.3 Å². The zero-order valence-corrected chi connectivity index (χ0v) is 16.5. The number of rotatable bonds is 7. The number of hydrogen-bond acceptors (Lipinski definition) is 7. The van der Waals surface area contributed by atoms with Crippen molar-refractivity contribution in [3.63, 3.8) is 0 Å². The maximum atomic E-state index is 12.8. The van der Waals surface area contributed by atoms with E-state index in [1.807, 2.05) is 0 Å². The van der Waals surface area contributed by atoms with E-state index in [9.17, 15) is 14.7 Å². The number of aromatic hydroxyl groups is 1. The number of carbonyl (C=O) groups is 2. The molecule has 8 nitrogen and oxygen atoms in total. The number of hydrogen-bond donors (Lipinski definition) is 1. The monoisotopic (exact) mass is 398 g/mol. The molecule has 1 aromatic carbocycles. The van der Waals surface area contributed by atoms with Crippen LogP contribution in [0.4, 0.5) is 0 Å². The average molecular weight is 398 g/mol. The molecule has 0 unspecified atom stereocenters. The molecule has 0 saturated carbocycles. The number of phenolic OH excluding ortho intramolecular Hbond substituents is 1. The topological polar surface area (TPSA) is 99.9 Å². The average Bonchev–Trinajstić information content (AvgIpc) is 3.01. The Morgan fingerprint density at radius 1 is 1.10 bits per heavy atom. The van der Waals surface area contributed by atoms with Crippen molar-refractivity contribution in [2.45, 2.75) is 20.3 Å². The van der Waals surface area contributed by atoms with Crippen molar-refractivity contribution in [1.29, 1.82) is 0 Å². The summed E-state index contributed by atoms with van der Waals surface area (Å²) in [6.45, 7) is 3.80. The molecule has 0 saturated heterocycles. The van der Waals surface area contributed by atoms with Crippen molar-refractivity contribution in [1.82, 2.24) is 9.55 Å². The Kier molecular flexibility index (Phi) is 6.01. The molecule has 0 amide bonds. The van der Waals surface area contributed by atoms with Gasteiger partial charge >= 0.3 is 11.9 Å². The fraction of sp³-hybridized carbons (Fsp3) is 0.286. The highest BCUT2D eigenvalue weighted by molar-refractivity contribution is 6.07. The Morgan fingerprint density at radius 3 is 2.48 bits per heavy atom. The van der Waals surface area contributed by atoms with E-state index in [1.54, 1.807) is 42.8 Å². The third kappa shape index (κ3) is 4.01. The number of aromatic nitrogens is 2. The molecule has 1 N–H and O–H groups in total. The zero-order chi connectivity index (χ0) is 21.0. The molecular formula is C21H22N2O6. The van der Waals surface area contributed by atoms with E-state index in [1.165, 1.54) is 19.2 Å². The van der Waals surface area contributed by atoms with Crippen LogP contribution in [0.1, 0.15) is 29.9 Å². The van der Waals surface area contributed by atoms with Gasteiger partial charge in [-0.05, 0) is 44.2 Å². The quantitative estimate of drug-likeness (QED) is 0.611. The van der Waals surface area contributed by atoms with Crippen LogP contribution >= 0.6 is 0 Å². The molecule has 0 radical (unpaired) electrons. The molecule has 29 heavy (non-hydrogen) atoms. The van der Waals surface area contributed by atoms with E-state index < -0.39 is 11.9 Å². The molecule has 0 aliphatic rings. The molecular weight excluding hydrogens is 376 g/mol. The van der Waals surface area contributed by atoms with Gasteiger partial charge in [-0.15, -0.1) is 0 Å². The molecule has 3 rings (SSSR count). The van der Waals surface area contributed by atoms with Gasteiger partial charge in [0.15, 0.2) is 0 Å². The normalized spacial score (nSPS) is 10.7. The van der Waals surface area contributed by atoms with Crippen molar-refractivity contribution >= 4 is 22.8 Å². The Bertz CT molecular complexity index is 1040. The molecule has 2 heterocycles. The second-order valence-corrected chi connectivity index (χ2v) is 6.12. The first-order chi connectivity index (χ1) is 14.0. The Labute approximate surface area is 167 Å². The van der Waals surface area contributed by atoms with Gasteiger partial charge in [0.25, 0.3) is 0 Å². The summed E-state index contributed by atoms with van der Waals surface area (Å²) in [5, 5.41) is 10.4. The van der Waals surface area contributed by atoms with Crippen LogP contribution < -0.4 is 4.74 Å². The molecule has 8 heteroatoms. The van der Waals surface area contributed by atoms with Crippen LogP contribution in [0.15, 0.2) is 36.5 Å². The second-order valence-electron chi connectivity index (χ2n) is 6.12. The highest BCUT2D eigenvalue weighted by Gasteiger charge is 2.27. The predicted molar refractivity (Wildman–Crippen MR) is 106 cm³/mol. The standard InChI is InChI=1S/C21H22N2O6/c1-4-28-19(25)11-17-20(21(26)29-5-2)15-10-13(24)6-8-16(15)23(17)18-9-7-14(27-3)12-22-18/h6-10,12,24H,4-5,11H2,1-3H3. The second kappa shape index (κ2) is 8.64. The van der Waals surface area contributed by atoms with Gasteiger partial charge in [-0.3, -0.25) is 9.36 Å². The third-order valence-electron chi connectivity index (χ3n) is 4.33. The van der Waals surface area contributed by atoms with Crippen molar-refractivity contribution in [2.24, 2.45) is 0 Å². The molecule has 0 spiro atoms. The highest BCUT2D eigenvalue weighted by Crippen LogP contribution is 2.33. The number of esters is 2. The summed E-state index contributed by atoms with van der Waals surface area (Å²) in [7, 11) is 1.54. The number of methoxy groups -OCH3 is 1. The minimum Gasteiger partial charge on any atom is -0.508 e. The summed E-state index contributed by atoms with van der Waals surface area (Å²) in [5.74, 6) is -0.0307. The van der Waals surface area contributed by atoms with Crippen LogP contribution in [0.5, 0.6) is 11.5 Å². The highest BCUT2D eigenvalue weighted by atomic mass is 16.5. The maximum Gasteiger partial charge on any atom is 0.340 e. The van der Waals surface area contributed by atoms with Crippen LogP contribution in [0.25, 0.3) is 16.7 Å². The number of benzene rings is 1. The van der Waals surface area contributed by atoms with Crippen LogP contribution in [0.3, 0.4) is 0 Å². The Morgan fingerprint density at radius 2 is 1.86 bits per heavy atom. The summed E-state index contributed by atoms with van der Waals surface area (Å²) in [6, 6.07) is 8.08. The van der Waals surface area contributed by atoms with Crippen LogP contribution in [-0.4, -0.2) is 46.9 Å². The minimum absolute atomic E-state index is 0.00873. The molecule has 0 aliphatic carbocycles. The fourth-order valence-electron chi connectivity index (χ4n) is 3.17. The van der Waals surface area contributed by atoms with E-state index in [2.05, 4.69) is 4.98 Å². The smallest absolute Gasteiger partial charge is 0.340 e. The van der Waals surface area contributed by atoms with Gasteiger partial charge in [0.05, 0.1) is 49.7 Å². The largest absolute Gasteiger partial charge is 0.508 e. The lowest BCUT2D eigenvalue weighted by atomic mass is 10.1. The first-order valence-electron chi connectivity index (χ1n) is 9.19. The van der Waals surface area contributed by atoms with Gasteiger partial charge in [-0.1, -0.05) is 0 Å². The lowest BCUT2D eigenvalue weighted by molar-refractivity contribution is -0.142. The minimum atomic E-state index is -0.588. The molecule has 0 bridgehead atoms. The molecule has 3 aromatic rings. The number of pyridine rings is 1. The van der Waals surface area contributed by atoms with Gasteiger partial charge in [-0.2, -0.15) is 0 Å². The number of ether oxygens (including phenoxy) is 3. The lowest BCUT2D eigenvalue weighted by Gasteiger charge is -2.11. The van der Waals surface area contributed by atoms with E-state index in [4.69, 9.17) is 14.2 Å². The molecule has 0 aliphatic heterocycles. The first-order valence-corrected chi connectivity index (χ1v) is 9.19. The zero-order valence-electron chi connectivity index (χ0n) is 16.5. The van der Waals surface area contributed by atoms with Gasteiger partial charge < -0.3 is 19.3 Å². The van der Waals surface area contributed by atoms with Crippen LogP contribution in [0, 0.1) is 0 Å². The SMILES string of the molecule is CCOC(=O)Cc1c(C(=O)OCC)c2cc(O)ccc2n1-c1ccc(OC)cn1. The number of nitrogens with zero attached hydrogens (tertiary/aromatic N) is 2. The van der Waals surface area contributed by atoms with E-state index in [-0.39, 0.29) is 30.9 Å². The van der Waals surface area contributed by atoms with E-state index in [0.717, 1.165) is 0 Å². The van der Waals surface area contributed by atoms with E-state index in [0.29, 0.717) is 28.2 Å². The van der Waals surface area contributed by atoms with Crippen molar-refractivity contribution in [3.05, 3.63) is 47.8 Å². The van der Waals surface area contributed by atoms with Crippen LogP contribution in [0.2, 0.25) is 0 Å². The molecule has 2 aromatic heterocycles. The van der Waals surface area contributed by atoms with Crippen molar-refractivity contribution < 1.29 is 28.9 Å². The van der Waals surface area contributed by atoms with E-state index >= 15 is 0 Å². The first kappa shape index (κ1) is 20.2. The lowest BCUT2D eigenvalue weighted by Crippen LogP contribution is -2.16. The van der Waals surface area contributed by atoms with Gasteiger partial charge in [0, 0.05) is 5.39 Å². The summed E-state index contributed by atoms with van der Waals surface area (Å²) >= 11 is 0. The van der Waals surface area contributed by atoms with Crippen molar-refractivity contribution in [2.75, 3.05) is 20.3 Å². The Hall–Kier alpha value is -3.55. The summed E-state index contributed by atoms with van der Waals surface area (Å²) in [5.41, 5.74) is 1.17. The Balaban J connectivity index is 2.31. The molecule has 152 valence electrons. The fourth-order valence-corrected chi connectivity index (χ4v) is 3.17. The number of fused-ring (bicyclic) bond motifs is 1. The number of carbonyl (C=O) groups excluding carboxylic acids is 2.